The molecule has 2 heterocycles. The second-order valence-corrected chi connectivity index (χ2v) is 6.88. The van der Waals surface area contributed by atoms with E-state index in [1.807, 2.05) is 6.92 Å². The van der Waals surface area contributed by atoms with Gasteiger partial charge < -0.3 is 20.5 Å². The number of nitrogens with one attached hydrogen (secondary N) is 2. The first kappa shape index (κ1) is 21.2. The van der Waals surface area contributed by atoms with Gasteiger partial charge in [0.15, 0.2) is 5.82 Å². The Kier molecular flexibility index (Phi) is 6.94. The minimum atomic E-state index is -1.03. The molecule has 0 spiro atoms. The van der Waals surface area contributed by atoms with Gasteiger partial charge in [-0.25, -0.2) is 24.5 Å². The third-order valence-corrected chi connectivity index (χ3v) is 4.93. The van der Waals surface area contributed by atoms with E-state index in [0.29, 0.717) is 49.3 Å². The van der Waals surface area contributed by atoms with E-state index in [1.54, 1.807) is 29.7 Å². The maximum Gasteiger partial charge on any atom is 0.404 e. The summed E-state index contributed by atoms with van der Waals surface area (Å²) < 4.78 is 4.95. The van der Waals surface area contributed by atoms with Crippen molar-refractivity contribution in [2.75, 3.05) is 18.6 Å². The molecule has 3 rings (SSSR count). The normalized spacial score (nSPS) is 18.3. The first-order valence-electron chi connectivity index (χ1n) is 9.76. The van der Waals surface area contributed by atoms with E-state index in [4.69, 9.17) is 9.84 Å². The maximum absolute atomic E-state index is 12.7. The molecule has 2 aromatic heterocycles. The summed E-state index contributed by atoms with van der Waals surface area (Å²) in [7, 11) is 1.49. The highest BCUT2D eigenvalue weighted by Gasteiger charge is 2.31. The van der Waals surface area contributed by atoms with Crippen LogP contribution in [0.5, 0.6) is 6.01 Å². The number of methoxy groups -OCH3 is 1. The van der Waals surface area contributed by atoms with Gasteiger partial charge in [0.2, 0.25) is 0 Å². The molecule has 0 unspecified atom stereocenters. The highest BCUT2D eigenvalue weighted by molar-refractivity contribution is 5.91. The molecule has 1 aliphatic rings. The predicted molar refractivity (Wildman–Crippen MR) is 108 cm³/mol. The SMILES string of the molecule is CCNC(=O)N(c1cnc(-c2cnc(OC)nc2)cn1)[C@H]1CC[C@H](NC(=O)O)CC1. The number of aromatic nitrogens is 4. The van der Waals surface area contributed by atoms with Gasteiger partial charge in [0.1, 0.15) is 0 Å². The number of anilines is 1. The fourth-order valence-electron chi connectivity index (χ4n) is 3.49. The van der Waals surface area contributed by atoms with Gasteiger partial charge >= 0.3 is 18.1 Å². The van der Waals surface area contributed by atoms with Crippen molar-refractivity contribution >= 4 is 17.9 Å². The lowest BCUT2D eigenvalue weighted by Gasteiger charge is -2.36. The van der Waals surface area contributed by atoms with E-state index in [0.717, 1.165) is 0 Å². The van der Waals surface area contributed by atoms with Crippen molar-refractivity contribution in [2.24, 2.45) is 0 Å². The average molecular weight is 415 g/mol. The summed E-state index contributed by atoms with van der Waals surface area (Å²) >= 11 is 0. The zero-order valence-electron chi connectivity index (χ0n) is 16.9. The van der Waals surface area contributed by atoms with Gasteiger partial charge in [-0.05, 0) is 32.6 Å². The zero-order chi connectivity index (χ0) is 21.5. The molecule has 0 atom stereocenters. The number of carbonyl (C=O) groups excluding carboxylic acids is 1. The van der Waals surface area contributed by atoms with E-state index in [9.17, 15) is 9.59 Å². The van der Waals surface area contributed by atoms with E-state index >= 15 is 0 Å². The molecule has 1 fully saturated rings. The Bertz CT molecular complexity index is 852. The van der Waals surface area contributed by atoms with Crippen LogP contribution >= 0.6 is 0 Å². The van der Waals surface area contributed by atoms with Crippen LogP contribution in [-0.2, 0) is 0 Å². The Hall–Kier alpha value is -3.50. The molecule has 0 aliphatic heterocycles. The molecule has 30 heavy (non-hydrogen) atoms. The van der Waals surface area contributed by atoms with Crippen molar-refractivity contribution < 1.29 is 19.4 Å². The predicted octanol–water partition coefficient (Wildman–Crippen LogP) is 2.06. The van der Waals surface area contributed by atoms with Crippen LogP contribution < -0.4 is 20.3 Å². The number of rotatable bonds is 6. The third-order valence-electron chi connectivity index (χ3n) is 4.93. The molecule has 0 aromatic carbocycles. The Balaban J connectivity index is 1.77. The molecule has 0 bridgehead atoms. The molecular weight excluding hydrogens is 390 g/mol. The van der Waals surface area contributed by atoms with Crippen molar-refractivity contribution in [3.63, 3.8) is 0 Å². The molecule has 3 N–H and O–H groups in total. The fourth-order valence-corrected chi connectivity index (χ4v) is 3.49. The smallest absolute Gasteiger partial charge is 0.404 e. The molecule has 3 amide bonds. The van der Waals surface area contributed by atoms with E-state index in [2.05, 4.69) is 30.6 Å². The Morgan fingerprint density at radius 1 is 1.10 bits per heavy atom. The molecule has 160 valence electrons. The Labute approximate surface area is 173 Å². The second-order valence-electron chi connectivity index (χ2n) is 6.88. The van der Waals surface area contributed by atoms with Crippen molar-refractivity contribution in [3.05, 3.63) is 24.8 Å². The van der Waals surface area contributed by atoms with Gasteiger partial charge in [-0.2, -0.15) is 0 Å². The first-order chi connectivity index (χ1) is 14.5. The average Bonchev–Trinajstić information content (AvgIpc) is 2.75. The van der Waals surface area contributed by atoms with Crippen LogP contribution in [0.15, 0.2) is 24.8 Å². The van der Waals surface area contributed by atoms with Gasteiger partial charge in [0.05, 0.1) is 25.2 Å². The Morgan fingerprint density at radius 2 is 1.80 bits per heavy atom. The van der Waals surface area contributed by atoms with Gasteiger partial charge in [-0.3, -0.25) is 9.88 Å². The molecular formula is C19H25N7O4. The van der Waals surface area contributed by atoms with Gasteiger partial charge in [-0.15, -0.1) is 0 Å². The molecule has 11 heteroatoms. The molecule has 0 saturated heterocycles. The summed E-state index contributed by atoms with van der Waals surface area (Å²) in [5, 5.41) is 14.2. The van der Waals surface area contributed by atoms with Crippen LogP contribution in [0.1, 0.15) is 32.6 Å². The number of urea groups is 1. The molecule has 11 nitrogen and oxygen atoms in total. The Morgan fingerprint density at radius 3 is 2.33 bits per heavy atom. The van der Waals surface area contributed by atoms with E-state index < -0.39 is 6.09 Å². The second kappa shape index (κ2) is 9.81. The van der Waals surface area contributed by atoms with E-state index in [1.165, 1.54) is 7.11 Å². The third kappa shape index (κ3) is 5.10. The monoisotopic (exact) mass is 415 g/mol. The highest BCUT2D eigenvalue weighted by atomic mass is 16.5. The molecule has 0 radical (unpaired) electrons. The van der Waals surface area contributed by atoms with Crippen molar-refractivity contribution in [1.29, 1.82) is 0 Å². The summed E-state index contributed by atoms with van der Waals surface area (Å²) in [6.07, 6.45) is 7.92. The highest BCUT2D eigenvalue weighted by Crippen LogP contribution is 2.27. The van der Waals surface area contributed by atoms with Crippen LogP contribution in [0, 0.1) is 0 Å². The van der Waals surface area contributed by atoms with E-state index in [-0.39, 0.29) is 24.1 Å². The minimum absolute atomic E-state index is 0.0899. The molecule has 1 aliphatic carbocycles. The number of hydrogen-bond acceptors (Lipinski definition) is 7. The van der Waals surface area contributed by atoms with Crippen LogP contribution in [0.25, 0.3) is 11.3 Å². The van der Waals surface area contributed by atoms with Gasteiger partial charge in [-0.1, -0.05) is 0 Å². The van der Waals surface area contributed by atoms with Crippen molar-refractivity contribution in [3.8, 4) is 17.3 Å². The minimum Gasteiger partial charge on any atom is -0.467 e. The summed E-state index contributed by atoms with van der Waals surface area (Å²) in [5.74, 6) is 0.439. The number of hydrogen-bond donors (Lipinski definition) is 3. The standard InChI is InChI=1S/C19H25N7O4/c1-3-20-18(27)26(14-6-4-13(5-7-14)25-19(28)29)16-11-21-15(10-22-16)12-8-23-17(30-2)24-9-12/h8-11,13-14,25H,3-7H2,1-2H3,(H,20,27)(H,28,29)/t13-,14-. The topological polar surface area (TPSA) is 142 Å². The maximum atomic E-state index is 12.7. The van der Waals surface area contributed by atoms with Crippen LogP contribution in [0.4, 0.5) is 15.4 Å². The lowest BCUT2D eigenvalue weighted by atomic mass is 9.90. The zero-order valence-corrected chi connectivity index (χ0v) is 16.9. The largest absolute Gasteiger partial charge is 0.467 e. The number of amides is 3. The number of nitrogens with zero attached hydrogens (tertiary/aromatic N) is 5. The summed E-state index contributed by atoms with van der Waals surface area (Å²) in [6.45, 7) is 2.34. The number of carbonyl (C=O) groups is 2. The lowest BCUT2D eigenvalue weighted by molar-refractivity contribution is 0.184. The summed E-state index contributed by atoms with van der Waals surface area (Å²) in [5.41, 5.74) is 1.26. The van der Waals surface area contributed by atoms with Crippen molar-refractivity contribution in [2.45, 2.75) is 44.7 Å². The van der Waals surface area contributed by atoms with Gasteiger partial charge in [0, 0.05) is 36.6 Å². The quantitative estimate of drug-likeness (QED) is 0.651. The molecule has 2 aromatic rings. The fraction of sp³-hybridized carbons (Fsp3) is 0.474. The van der Waals surface area contributed by atoms with Crippen LogP contribution in [0.2, 0.25) is 0 Å². The lowest BCUT2D eigenvalue weighted by Crippen LogP contribution is -2.50. The van der Waals surface area contributed by atoms with Crippen molar-refractivity contribution in [1.82, 2.24) is 30.6 Å². The van der Waals surface area contributed by atoms with Gasteiger partial charge in [0.25, 0.3) is 0 Å². The van der Waals surface area contributed by atoms with Crippen LogP contribution in [0.3, 0.4) is 0 Å². The van der Waals surface area contributed by atoms with Crippen LogP contribution in [-0.4, -0.2) is 62.9 Å². The summed E-state index contributed by atoms with van der Waals surface area (Å²) in [6, 6.07) is -0.174. The number of ether oxygens (including phenoxy) is 1. The summed E-state index contributed by atoms with van der Waals surface area (Å²) in [4.78, 5) is 42.2. The number of carboxylic acid groups (broad SMARTS) is 1. The molecule has 1 saturated carbocycles. The first-order valence-corrected chi connectivity index (χ1v) is 9.76.